The smallest absolute Gasteiger partial charge is 0.408 e. The monoisotopic (exact) mass is 514 g/mol. The van der Waals surface area contributed by atoms with Gasteiger partial charge in [-0.15, -0.1) is 0 Å². The van der Waals surface area contributed by atoms with Crippen LogP contribution in [-0.4, -0.2) is 40.9 Å². The molecular formula is C29H30N4O5. The normalized spacial score (nSPS) is 15.8. The number of ether oxygens (including phenoxy) is 1. The number of ketones is 1. The van der Waals surface area contributed by atoms with Crippen LogP contribution in [0.15, 0.2) is 84.9 Å². The van der Waals surface area contributed by atoms with Gasteiger partial charge in [0.25, 0.3) is 11.8 Å². The molecule has 4 rings (SSSR count). The maximum Gasteiger partial charge on any atom is 0.408 e. The molecule has 3 N–H and O–H groups in total. The molecule has 38 heavy (non-hydrogen) atoms. The zero-order chi connectivity index (χ0) is 27.7. The number of nitrogens with two attached hydrogens (primary N) is 1. The maximum absolute atomic E-state index is 14.3. The highest BCUT2D eigenvalue weighted by atomic mass is 16.6. The summed E-state index contributed by atoms with van der Waals surface area (Å²) in [5, 5.41) is 2.42. The summed E-state index contributed by atoms with van der Waals surface area (Å²) in [6.45, 7) is 6.39. The van der Waals surface area contributed by atoms with Gasteiger partial charge in [0, 0.05) is 11.4 Å². The third kappa shape index (κ3) is 4.88. The Kier molecular flexibility index (Phi) is 7.06. The first kappa shape index (κ1) is 26.6. The van der Waals surface area contributed by atoms with Gasteiger partial charge in [0.15, 0.2) is 5.78 Å². The lowest BCUT2D eigenvalue weighted by atomic mass is 9.87. The molecule has 0 saturated carbocycles. The number of benzene rings is 3. The number of rotatable bonds is 5. The summed E-state index contributed by atoms with van der Waals surface area (Å²) < 4.78 is 5.25. The molecule has 0 fully saturated rings. The summed E-state index contributed by atoms with van der Waals surface area (Å²) in [7, 11) is 0. The highest BCUT2D eigenvalue weighted by Crippen LogP contribution is 2.43. The highest BCUT2D eigenvalue weighted by molar-refractivity contribution is 6.39. The number of anilines is 4. The van der Waals surface area contributed by atoms with Gasteiger partial charge in [0.05, 0.1) is 17.4 Å². The van der Waals surface area contributed by atoms with Crippen LogP contribution in [0.1, 0.15) is 27.7 Å². The minimum absolute atomic E-state index is 0.369. The number of hydrogen-bond acceptors (Lipinski definition) is 6. The summed E-state index contributed by atoms with van der Waals surface area (Å²) >= 11 is 0. The van der Waals surface area contributed by atoms with Crippen LogP contribution < -0.4 is 20.9 Å². The summed E-state index contributed by atoms with van der Waals surface area (Å²) in [5.41, 5.74) is 4.68. The number of nitrogens with zero attached hydrogens (tertiary/aromatic N) is 2. The second kappa shape index (κ2) is 10.1. The van der Waals surface area contributed by atoms with Crippen LogP contribution in [0.3, 0.4) is 0 Å². The van der Waals surface area contributed by atoms with Gasteiger partial charge in [-0.1, -0.05) is 48.5 Å². The van der Waals surface area contributed by atoms with Gasteiger partial charge in [-0.2, -0.15) is 0 Å². The minimum Gasteiger partial charge on any atom is -0.444 e. The summed E-state index contributed by atoms with van der Waals surface area (Å²) in [6.07, 6.45) is -0.876. The molecule has 0 aromatic heterocycles. The van der Waals surface area contributed by atoms with Crippen molar-refractivity contribution < 1.29 is 23.9 Å². The van der Waals surface area contributed by atoms with Crippen molar-refractivity contribution in [2.75, 3.05) is 9.80 Å². The molecule has 0 unspecified atom stereocenters. The summed E-state index contributed by atoms with van der Waals surface area (Å²) in [6, 6.07) is 22.8. The molecular weight excluding hydrogens is 484 g/mol. The SMILES string of the molecule is C[C@H](NC(=O)OC(C)(C)C)C(=O)C1(N)C(=O)N(c2ccccc2)c2ccccc2N(c2ccccc2)C1=O. The topological polar surface area (TPSA) is 122 Å². The van der Waals surface area contributed by atoms with Crippen LogP contribution in [0.4, 0.5) is 27.5 Å². The average Bonchev–Trinajstić information content (AvgIpc) is 2.95. The molecule has 0 saturated heterocycles. The van der Waals surface area contributed by atoms with E-state index in [0.29, 0.717) is 22.7 Å². The zero-order valence-corrected chi connectivity index (χ0v) is 21.7. The lowest BCUT2D eigenvalue weighted by Crippen LogP contribution is -2.70. The van der Waals surface area contributed by atoms with Crippen LogP contribution in [0.5, 0.6) is 0 Å². The first-order chi connectivity index (χ1) is 17.9. The second-order valence-corrected chi connectivity index (χ2v) is 9.98. The third-order valence-electron chi connectivity index (χ3n) is 5.99. The minimum atomic E-state index is -2.68. The molecule has 0 spiro atoms. The fraction of sp³-hybridized carbons (Fsp3) is 0.241. The predicted molar refractivity (Wildman–Crippen MR) is 144 cm³/mol. The van der Waals surface area contributed by atoms with Crippen molar-refractivity contribution >= 4 is 46.4 Å². The van der Waals surface area contributed by atoms with E-state index in [4.69, 9.17) is 10.5 Å². The van der Waals surface area contributed by atoms with Gasteiger partial charge in [-0.3, -0.25) is 24.2 Å². The molecule has 0 aliphatic carbocycles. The number of nitrogens with one attached hydrogen (secondary N) is 1. The Balaban J connectivity index is 1.89. The van der Waals surface area contributed by atoms with Gasteiger partial charge in [0.1, 0.15) is 5.60 Å². The van der Waals surface area contributed by atoms with E-state index in [0.717, 1.165) is 0 Å². The van der Waals surface area contributed by atoms with E-state index in [1.54, 1.807) is 106 Å². The fourth-order valence-electron chi connectivity index (χ4n) is 4.27. The number of carbonyl (C=O) groups is 4. The number of amides is 3. The molecule has 0 bridgehead atoms. The number of alkyl carbamates (subject to hydrolysis) is 1. The Morgan fingerprint density at radius 2 is 1.18 bits per heavy atom. The van der Waals surface area contributed by atoms with Gasteiger partial charge >= 0.3 is 6.09 Å². The second-order valence-electron chi connectivity index (χ2n) is 9.98. The van der Waals surface area contributed by atoms with E-state index in [9.17, 15) is 19.2 Å². The van der Waals surface area contributed by atoms with Crippen molar-refractivity contribution in [3.8, 4) is 0 Å². The number of Topliss-reactive ketones (excluding diaryl/α,β-unsaturated/α-hetero) is 1. The van der Waals surface area contributed by atoms with Crippen molar-refractivity contribution in [2.45, 2.75) is 44.9 Å². The molecule has 9 nitrogen and oxygen atoms in total. The van der Waals surface area contributed by atoms with Crippen LogP contribution in [0, 0.1) is 0 Å². The number of fused-ring (bicyclic) bond motifs is 1. The van der Waals surface area contributed by atoms with Crippen molar-refractivity contribution in [1.82, 2.24) is 5.32 Å². The molecule has 1 aliphatic heterocycles. The Bertz CT molecular complexity index is 1290. The van der Waals surface area contributed by atoms with Crippen molar-refractivity contribution in [2.24, 2.45) is 5.73 Å². The van der Waals surface area contributed by atoms with Crippen LogP contribution in [0.2, 0.25) is 0 Å². The first-order valence-electron chi connectivity index (χ1n) is 12.2. The first-order valence-corrected chi connectivity index (χ1v) is 12.2. The summed E-state index contributed by atoms with van der Waals surface area (Å²) in [5.74, 6) is -2.86. The average molecular weight is 515 g/mol. The quantitative estimate of drug-likeness (QED) is 0.492. The molecule has 3 aromatic carbocycles. The van der Waals surface area contributed by atoms with Crippen LogP contribution in [0.25, 0.3) is 0 Å². The molecule has 0 radical (unpaired) electrons. The molecule has 1 heterocycles. The number of carbonyl (C=O) groups excluding carboxylic acids is 4. The lowest BCUT2D eigenvalue weighted by Gasteiger charge is -2.32. The number of para-hydroxylation sites is 4. The fourth-order valence-corrected chi connectivity index (χ4v) is 4.27. The molecule has 9 heteroatoms. The molecule has 1 aliphatic rings. The Morgan fingerprint density at radius 1 is 0.789 bits per heavy atom. The number of hydrogen-bond donors (Lipinski definition) is 2. The van der Waals surface area contributed by atoms with Gasteiger partial charge in [-0.05, 0) is 64.1 Å². The Labute approximate surface area is 221 Å². The van der Waals surface area contributed by atoms with Gasteiger partial charge < -0.3 is 15.8 Å². The van der Waals surface area contributed by atoms with E-state index < -0.39 is 40.9 Å². The van der Waals surface area contributed by atoms with Crippen molar-refractivity contribution in [3.05, 3.63) is 84.9 Å². The predicted octanol–water partition coefficient (Wildman–Crippen LogP) is 4.21. The van der Waals surface area contributed by atoms with E-state index in [2.05, 4.69) is 5.32 Å². The Morgan fingerprint density at radius 3 is 1.58 bits per heavy atom. The van der Waals surface area contributed by atoms with E-state index in [1.807, 2.05) is 0 Å². The third-order valence-corrected chi connectivity index (χ3v) is 5.99. The highest BCUT2D eigenvalue weighted by Gasteiger charge is 2.58. The van der Waals surface area contributed by atoms with Crippen molar-refractivity contribution in [3.63, 3.8) is 0 Å². The van der Waals surface area contributed by atoms with E-state index >= 15 is 0 Å². The molecule has 1 atom stereocenters. The van der Waals surface area contributed by atoms with Crippen LogP contribution >= 0.6 is 0 Å². The van der Waals surface area contributed by atoms with Crippen LogP contribution in [-0.2, 0) is 19.1 Å². The van der Waals surface area contributed by atoms with Gasteiger partial charge in [0.2, 0.25) is 5.54 Å². The largest absolute Gasteiger partial charge is 0.444 e. The molecule has 3 amide bonds. The van der Waals surface area contributed by atoms with Gasteiger partial charge in [-0.25, -0.2) is 4.79 Å². The Hall–Kier alpha value is -4.50. The van der Waals surface area contributed by atoms with Crippen molar-refractivity contribution in [1.29, 1.82) is 0 Å². The standard InChI is InChI=1S/C29H30N4O5/c1-19(31-27(37)38-28(2,3)4)24(34)29(30)25(35)32(20-13-7-5-8-14-20)22-17-11-12-18-23(22)33(26(29)36)21-15-9-6-10-16-21/h5-19H,30H2,1-4H3,(H,31,37)/t19-/m0/s1. The maximum atomic E-state index is 14.3. The molecule has 3 aromatic rings. The summed E-state index contributed by atoms with van der Waals surface area (Å²) in [4.78, 5) is 57.4. The van der Waals surface area contributed by atoms with E-state index in [1.165, 1.54) is 16.7 Å². The molecule has 196 valence electrons. The van der Waals surface area contributed by atoms with E-state index in [-0.39, 0.29) is 0 Å². The zero-order valence-electron chi connectivity index (χ0n) is 21.7. The lowest BCUT2D eigenvalue weighted by molar-refractivity contribution is -0.142.